The van der Waals surface area contributed by atoms with E-state index >= 15 is 0 Å². The summed E-state index contributed by atoms with van der Waals surface area (Å²) in [5.41, 5.74) is 0.984. The average molecular weight is 205 g/mol. The Hall–Kier alpha value is -2.02. The molecule has 0 heterocycles. The second-order valence-corrected chi connectivity index (χ2v) is 2.98. The fraction of sp³-hybridized carbons (Fsp3) is 0.273. The maximum absolute atomic E-state index is 11.4. The first-order chi connectivity index (χ1) is 7.13. The van der Waals surface area contributed by atoms with Crippen LogP contribution in [0.1, 0.15) is 28.4 Å². The van der Waals surface area contributed by atoms with Crippen molar-refractivity contribution in [1.29, 1.82) is 5.26 Å². The molecule has 0 atom stereocenters. The number of carbonyl (C=O) groups is 1. The van der Waals surface area contributed by atoms with Gasteiger partial charge in [-0.2, -0.15) is 5.26 Å². The predicted molar refractivity (Wildman–Crippen MR) is 53.5 cm³/mol. The molecule has 0 bridgehead atoms. The Kier molecular flexibility index (Phi) is 3.29. The van der Waals surface area contributed by atoms with Gasteiger partial charge in [0, 0.05) is 0 Å². The Labute approximate surface area is 87.7 Å². The van der Waals surface area contributed by atoms with E-state index in [1.54, 1.807) is 0 Å². The van der Waals surface area contributed by atoms with Gasteiger partial charge in [0.2, 0.25) is 0 Å². The standard InChI is InChI=1S/C11H11NO3/c1-3-7-4-9(13)5-8(6-12)10(7)11(14)15-2/h4-5,13H,3H2,1-2H3. The second kappa shape index (κ2) is 4.47. The fourth-order valence-corrected chi connectivity index (χ4v) is 1.40. The van der Waals surface area contributed by atoms with Crippen LogP contribution in [-0.4, -0.2) is 18.2 Å². The lowest BCUT2D eigenvalue weighted by Gasteiger charge is -2.08. The number of aromatic hydroxyl groups is 1. The maximum atomic E-state index is 11.4. The molecule has 4 heteroatoms. The Morgan fingerprint density at radius 3 is 2.73 bits per heavy atom. The number of esters is 1. The minimum absolute atomic E-state index is 0.0175. The number of phenols is 1. The lowest BCUT2D eigenvalue weighted by atomic mass is 9.99. The molecule has 78 valence electrons. The smallest absolute Gasteiger partial charge is 0.339 e. The SMILES string of the molecule is CCc1cc(O)cc(C#N)c1C(=O)OC. The first kappa shape index (κ1) is 11.1. The fourth-order valence-electron chi connectivity index (χ4n) is 1.40. The molecule has 0 saturated heterocycles. The van der Waals surface area contributed by atoms with E-state index < -0.39 is 5.97 Å². The number of nitrogens with zero attached hydrogens (tertiary/aromatic N) is 1. The molecule has 0 amide bonds. The van der Waals surface area contributed by atoms with Gasteiger partial charge in [0.15, 0.2) is 0 Å². The number of phenolic OH excluding ortho intramolecular Hbond substituents is 1. The topological polar surface area (TPSA) is 70.3 Å². The molecule has 1 aromatic carbocycles. The monoisotopic (exact) mass is 205 g/mol. The quantitative estimate of drug-likeness (QED) is 0.744. The largest absolute Gasteiger partial charge is 0.508 e. The molecule has 0 spiro atoms. The van der Waals surface area contributed by atoms with Crippen molar-refractivity contribution in [3.05, 3.63) is 28.8 Å². The van der Waals surface area contributed by atoms with Crippen molar-refractivity contribution in [3.63, 3.8) is 0 Å². The van der Waals surface area contributed by atoms with E-state index in [-0.39, 0.29) is 16.9 Å². The van der Waals surface area contributed by atoms with Crippen LogP contribution < -0.4 is 0 Å². The van der Waals surface area contributed by atoms with Crippen molar-refractivity contribution in [2.45, 2.75) is 13.3 Å². The number of nitriles is 1. The molecule has 1 N–H and O–H groups in total. The van der Waals surface area contributed by atoms with Crippen LogP contribution in [0.15, 0.2) is 12.1 Å². The highest BCUT2D eigenvalue weighted by atomic mass is 16.5. The van der Waals surface area contributed by atoms with E-state index in [4.69, 9.17) is 5.26 Å². The summed E-state index contributed by atoms with van der Waals surface area (Å²) in [4.78, 5) is 11.4. The van der Waals surface area contributed by atoms with Gasteiger partial charge in [-0.1, -0.05) is 6.92 Å². The minimum Gasteiger partial charge on any atom is -0.508 e. The second-order valence-electron chi connectivity index (χ2n) is 2.98. The van der Waals surface area contributed by atoms with Crippen LogP contribution >= 0.6 is 0 Å². The first-order valence-electron chi connectivity index (χ1n) is 4.48. The van der Waals surface area contributed by atoms with E-state index in [9.17, 15) is 9.90 Å². The third-order valence-electron chi connectivity index (χ3n) is 2.10. The molecule has 0 saturated carbocycles. The van der Waals surface area contributed by atoms with Crippen LogP contribution in [0.5, 0.6) is 5.75 Å². The number of aryl methyl sites for hydroxylation is 1. The van der Waals surface area contributed by atoms with Gasteiger partial charge in [-0.05, 0) is 24.1 Å². The summed E-state index contributed by atoms with van der Waals surface area (Å²) in [5, 5.41) is 18.2. The molecule has 0 aliphatic carbocycles. The zero-order chi connectivity index (χ0) is 11.4. The normalized spacial score (nSPS) is 9.40. The molecule has 0 unspecified atom stereocenters. The number of hydrogen-bond acceptors (Lipinski definition) is 4. The van der Waals surface area contributed by atoms with Crippen LogP contribution in [-0.2, 0) is 11.2 Å². The van der Waals surface area contributed by atoms with Gasteiger partial charge < -0.3 is 9.84 Å². The molecule has 1 rings (SSSR count). The molecular weight excluding hydrogens is 194 g/mol. The van der Waals surface area contributed by atoms with Crippen LogP contribution in [0.25, 0.3) is 0 Å². The molecule has 0 fully saturated rings. The summed E-state index contributed by atoms with van der Waals surface area (Å²) in [6.45, 7) is 1.84. The lowest BCUT2D eigenvalue weighted by Crippen LogP contribution is -2.08. The van der Waals surface area contributed by atoms with Crippen molar-refractivity contribution in [2.75, 3.05) is 7.11 Å². The van der Waals surface area contributed by atoms with Crippen molar-refractivity contribution in [2.24, 2.45) is 0 Å². The Balaban J connectivity index is 3.45. The van der Waals surface area contributed by atoms with Crippen LogP contribution in [0.4, 0.5) is 0 Å². The van der Waals surface area contributed by atoms with Gasteiger partial charge in [0.1, 0.15) is 11.8 Å². The number of benzene rings is 1. The summed E-state index contributed by atoms with van der Waals surface area (Å²) in [6, 6.07) is 4.59. The third kappa shape index (κ3) is 2.08. The highest BCUT2D eigenvalue weighted by Crippen LogP contribution is 2.22. The van der Waals surface area contributed by atoms with Crippen molar-refractivity contribution < 1.29 is 14.6 Å². The third-order valence-corrected chi connectivity index (χ3v) is 2.10. The zero-order valence-corrected chi connectivity index (χ0v) is 8.57. The summed E-state index contributed by atoms with van der Waals surface area (Å²) in [7, 11) is 1.26. The molecule has 0 aromatic heterocycles. The molecule has 0 aliphatic rings. The van der Waals surface area contributed by atoms with Gasteiger partial charge >= 0.3 is 5.97 Å². The Morgan fingerprint density at radius 2 is 2.27 bits per heavy atom. The molecule has 0 radical (unpaired) electrons. The van der Waals surface area contributed by atoms with Gasteiger partial charge in [-0.25, -0.2) is 4.79 Å². The van der Waals surface area contributed by atoms with E-state index in [2.05, 4.69) is 4.74 Å². The highest BCUT2D eigenvalue weighted by Gasteiger charge is 2.17. The maximum Gasteiger partial charge on any atom is 0.339 e. The number of carbonyl (C=O) groups excluding carboxylic acids is 1. The van der Waals surface area contributed by atoms with E-state index in [0.29, 0.717) is 12.0 Å². The molecule has 15 heavy (non-hydrogen) atoms. The van der Waals surface area contributed by atoms with Gasteiger partial charge in [0.05, 0.1) is 18.2 Å². The van der Waals surface area contributed by atoms with Crippen LogP contribution in [0.2, 0.25) is 0 Å². The van der Waals surface area contributed by atoms with E-state index in [1.165, 1.54) is 19.2 Å². The van der Waals surface area contributed by atoms with Gasteiger partial charge in [0.25, 0.3) is 0 Å². The first-order valence-corrected chi connectivity index (χ1v) is 4.48. The Morgan fingerprint density at radius 1 is 1.60 bits per heavy atom. The minimum atomic E-state index is -0.552. The van der Waals surface area contributed by atoms with Crippen molar-refractivity contribution >= 4 is 5.97 Å². The number of methoxy groups -OCH3 is 1. The van der Waals surface area contributed by atoms with E-state index in [1.807, 2.05) is 13.0 Å². The average Bonchev–Trinajstić information content (AvgIpc) is 2.26. The number of rotatable bonds is 2. The molecule has 4 nitrogen and oxygen atoms in total. The summed E-state index contributed by atoms with van der Waals surface area (Å²) < 4.78 is 4.59. The molecule has 1 aromatic rings. The zero-order valence-electron chi connectivity index (χ0n) is 8.57. The summed E-state index contributed by atoms with van der Waals surface area (Å²) >= 11 is 0. The van der Waals surface area contributed by atoms with Gasteiger partial charge in [-0.15, -0.1) is 0 Å². The van der Waals surface area contributed by atoms with Gasteiger partial charge in [-0.3, -0.25) is 0 Å². The lowest BCUT2D eigenvalue weighted by molar-refractivity contribution is 0.0599. The highest BCUT2D eigenvalue weighted by molar-refractivity contribution is 5.94. The van der Waals surface area contributed by atoms with E-state index in [0.717, 1.165) is 0 Å². The van der Waals surface area contributed by atoms with Crippen molar-refractivity contribution in [1.82, 2.24) is 0 Å². The van der Waals surface area contributed by atoms with Crippen LogP contribution in [0, 0.1) is 11.3 Å². The van der Waals surface area contributed by atoms with Crippen molar-refractivity contribution in [3.8, 4) is 11.8 Å². The molecular formula is C11H11NO3. The molecule has 0 aliphatic heterocycles. The van der Waals surface area contributed by atoms with Crippen LogP contribution in [0.3, 0.4) is 0 Å². The predicted octanol–water partition coefficient (Wildman–Crippen LogP) is 1.61. The number of hydrogen-bond donors (Lipinski definition) is 1. The summed E-state index contributed by atoms with van der Waals surface area (Å²) in [5.74, 6) is -0.570. The Bertz CT molecular complexity index is 432. The summed E-state index contributed by atoms with van der Waals surface area (Å²) in [6.07, 6.45) is 0.549. The number of ether oxygens (including phenoxy) is 1.